The van der Waals surface area contributed by atoms with Crippen molar-refractivity contribution in [3.8, 4) is 5.75 Å². The molecule has 0 aliphatic rings. The van der Waals surface area contributed by atoms with E-state index >= 15 is 0 Å². The summed E-state index contributed by atoms with van der Waals surface area (Å²) in [4.78, 5) is 6.21. The predicted molar refractivity (Wildman–Crippen MR) is 83.4 cm³/mol. The summed E-state index contributed by atoms with van der Waals surface area (Å²) in [5, 5.41) is 7.62. The van der Waals surface area contributed by atoms with Gasteiger partial charge in [0.15, 0.2) is 0 Å². The Morgan fingerprint density at radius 2 is 1.86 bits per heavy atom. The first kappa shape index (κ1) is 15.0. The smallest absolute Gasteiger partial charge is 0.129 e. The fourth-order valence-electron chi connectivity index (χ4n) is 2.23. The van der Waals surface area contributed by atoms with Gasteiger partial charge >= 0.3 is 0 Å². The minimum atomic E-state index is 0.0190. The minimum absolute atomic E-state index is 0.0190. The van der Waals surface area contributed by atoms with E-state index in [9.17, 15) is 0 Å². The Hall–Kier alpha value is -2.40. The van der Waals surface area contributed by atoms with Crippen LogP contribution in [0.15, 0.2) is 42.7 Å². The maximum atomic E-state index is 7.62. The molecule has 3 N–H and O–H groups in total. The Morgan fingerprint density at radius 3 is 2.48 bits per heavy atom. The van der Waals surface area contributed by atoms with E-state index in [0.29, 0.717) is 11.3 Å². The first-order valence-electron chi connectivity index (χ1n) is 6.69. The standard InChI is InChI=1S/C16H20N4O/c1-20(10-12-5-7-19-8-6-12)11-13-3-4-15(21-2)14(9-13)16(17)18/h3-9H,10-11H2,1-2H3,(H3,17,18). The highest BCUT2D eigenvalue weighted by molar-refractivity contribution is 5.97. The quantitative estimate of drug-likeness (QED) is 0.628. The highest BCUT2D eigenvalue weighted by atomic mass is 16.5. The molecule has 0 saturated carbocycles. The van der Waals surface area contributed by atoms with Crippen LogP contribution < -0.4 is 10.5 Å². The zero-order chi connectivity index (χ0) is 15.2. The zero-order valence-corrected chi connectivity index (χ0v) is 12.3. The highest BCUT2D eigenvalue weighted by Gasteiger charge is 2.09. The molecule has 0 spiro atoms. The number of amidine groups is 1. The lowest BCUT2D eigenvalue weighted by Gasteiger charge is -2.18. The molecule has 0 atom stereocenters. The first-order chi connectivity index (χ1) is 10.1. The molecule has 0 fully saturated rings. The van der Waals surface area contributed by atoms with Gasteiger partial charge in [-0.3, -0.25) is 15.3 Å². The first-order valence-corrected chi connectivity index (χ1v) is 6.69. The summed E-state index contributed by atoms with van der Waals surface area (Å²) in [5.74, 6) is 0.647. The van der Waals surface area contributed by atoms with E-state index in [1.54, 1.807) is 19.5 Å². The third-order valence-corrected chi connectivity index (χ3v) is 3.21. The van der Waals surface area contributed by atoms with Gasteiger partial charge in [-0.25, -0.2) is 0 Å². The predicted octanol–water partition coefficient (Wildman–Crippen LogP) is 2.01. The number of ether oxygens (including phenoxy) is 1. The number of aromatic nitrogens is 1. The van der Waals surface area contributed by atoms with Crippen molar-refractivity contribution >= 4 is 5.84 Å². The number of hydrogen-bond acceptors (Lipinski definition) is 4. The van der Waals surface area contributed by atoms with Crippen LogP contribution in [0.3, 0.4) is 0 Å². The maximum absolute atomic E-state index is 7.62. The number of methoxy groups -OCH3 is 1. The number of benzene rings is 1. The van der Waals surface area contributed by atoms with Crippen molar-refractivity contribution in [3.05, 3.63) is 59.4 Å². The fraction of sp³-hybridized carbons (Fsp3) is 0.250. The molecule has 5 heteroatoms. The molecule has 0 aliphatic heterocycles. The largest absolute Gasteiger partial charge is 0.496 e. The summed E-state index contributed by atoms with van der Waals surface area (Å²) >= 11 is 0. The zero-order valence-electron chi connectivity index (χ0n) is 12.3. The molecule has 110 valence electrons. The van der Waals surface area contributed by atoms with Crippen molar-refractivity contribution in [1.82, 2.24) is 9.88 Å². The van der Waals surface area contributed by atoms with Crippen LogP contribution in [0.25, 0.3) is 0 Å². The third kappa shape index (κ3) is 4.03. The van der Waals surface area contributed by atoms with Crippen molar-refractivity contribution < 1.29 is 4.74 Å². The second-order valence-electron chi connectivity index (χ2n) is 4.98. The summed E-state index contributed by atoms with van der Waals surface area (Å²) in [7, 11) is 3.63. The average Bonchev–Trinajstić information content (AvgIpc) is 2.48. The molecule has 0 radical (unpaired) electrons. The highest BCUT2D eigenvalue weighted by Crippen LogP contribution is 2.20. The monoisotopic (exact) mass is 284 g/mol. The second-order valence-corrected chi connectivity index (χ2v) is 4.98. The van der Waals surface area contributed by atoms with E-state index in [1.807, 2.05) is 30.3 Å². The van der Waals surface area contributed by atoms with E-state index in [-0.39, 0.29) is 5.84 Å². The Morgan fingerprint density at radius 1 is 1.19 bits per heavy atom. The van der Waals surface area contributed by atoms with Crippen LogP contribution in [0.2, 0.25) is 0 Å². The summed E-state index contributed by atoms with van der Waals surface area (Å²) in [6, 6.07) is 9.77. The molecular weight excluding hydrogens is 264 g/mol. The van der Waals surface area contributed by atoms with Gasteiger partial charge in [0, 0.05) is 25.5 Å². The van der Waals surface area contributed by atoms with Gasteiger partial charge in [-0.2, -0.15) is 0 Å². The van der Waals surface area contributed by atoms with E-state index in [4.69, 9.17) is 15.9 Å². The van der Waals surface area contributed by atoms with Gasteiger partial charge in [0.05, 0.1) is 12.7 Å². The fourth-order valence-corrected chi connectivity index (χ4v) is 2.23. The van der Waals surface area contributed by atoms with E-state index in [2.05, 4.69) is 16.9 Å². The number of nitrogens with zero attached hydrogens (tertiary/aromatic N) is 2. The van der Waals surface area contributed by atoms with Crippen LogP contribution in [0.4, 0.5) is 0 Å². The molecule has 21 heavy (non-hydrogen) atoms. The topological polar surface area (TPSA) is 75.2 Å². The van der Waals surface area contributed by atoms with E-state index in [1.165, 1.54) is 5.56 Å². The second kappa shape index (κ2) is 6.85. The minimum Gasteiger partial charge on any atom is -0.496 e. The SMILES string of the molecule is COc1ccc(CN(C)Cc2ccncc2)cc1C(=N)N. The Balaban J connectivity index is 2.09. The van der Waals surface area contributed by atoms with Gasteiger partial charge in [0.2, 0.25) is 0 Å². The van der Waals surface area contributed by atoms with Crippen LogP contribution >= 0.6 is 0 Å². The van der Waals surface area contributed by atoms with Crippen molar-refractivity contribution in [1.29, 1.82) is 5.41 Å². The molecule has 0 aliphatic carbocycles. The van der Waals surface area contributed by atoms with Crippen molar-refractivity contribution in [2.24, 2.45) is 5.73 Å². The molecule has 0 saturated heterocycles. The molecule has 5 nitrogen and oxygen atoms in total. The lowest BCUT2D eigenvalue weighted by Crippen LogP contribution is -2.18. The lowest BCUT2D eigenvalue weighted by molar-refractivity contribution is 0.318. The molecule has 1 heterocycles. The van der Waals surface area contributed by atoms with Gasteiger partial charge in [-0.15, -0.1) is 0 Å². The molecule has 0 unspecified atom stereocenters. The summed E-state index contributed by atoms with van der Waals surface area (Å²) in [5.41, 5.74) is 8.54. The summed E-state index contributed by atoms with van der Waals surface area (Å²) in [6.07, 6.45) is 3.59. The van der Waals surface area contributed by atoms with Crippen LogP contribution in [0.5, 0.6) is 5.75 Å². The van der Waals surface area contributed by atoms with Crippen LogP contribution in [-0.4, -0.2) is 29.9 Å². The Kier molecular flexibility index (Phi) is 4.90. The summed E-state index contributed by atoms with van der Waals surface area (Å²) in [6.45, 7) is 1.61. The average molecular weight is 284 g/mol. The molecule has 0 bridgehead atoms. The van der Waals surface area contributed by atoms with E-state index in [0.717, 1.165) is 18.7 Å². The van der Waals surface area contributed by atoms with E-state index < -0.39 is 0 Å². The van der Waals surface area contributed by atoms with Crippen LogP contribution in [0.1, 0.15) is 16.7 Å². The normalized spacial score (nSPS) is 10.6. The number of nitrogens with one attached hydrogen (secondary N) is 1. The third-order valence-electron chi connectivity index (χ3n) is 3.21. The molecule has 1 aromatic carbocycles. The van der Waals surface area contributed by atoms with Gasteiger partial charge in [0.1, 0.15) is 11.6 Å². The Labute approximate surface area is 124 Å². The number of hydrogen-bond donors (Lipinski definition) is 2. The van der Waals surface area contributed by atoms with Crippen molar-refractivity contribution in [2.45, 2.75) is 13.1 Å². The lowest BCUT2D eigenvalue weighted by atomic mass is 10.1. The number of nitrogen functional groups attached to an aromatic ring is 1. The van der Waals surface area contributed by atoms with Gasteiger partial charge in [-0.1, -0.05) is 6.07 Å². The van der Waals surface area contributed by atoms with Crippen LogP contribution in [-0.2, 0) is 13.1 Å². The van der Waals surface area contributed by atoms with Crippen LogP contribution in [0, 0.1) is 5.41 Å². The molecule has 1 aromatic heterocycles. The maximum Gasteiger partial charge on any atom is 0.129 e. The Bertz CT molecular complexity index is 613. The number of pyridine rings is 1. The number of nitrogens with two attached hydrogens (primary N) is 1. The number of rotatable bonds is 6. The molecular formula is C16H20N4O. The molecule has 2 aromatic rings. The summed E-state index contributed by atoms with van der Waals surface area (Å²) < 4.78 is 5.22. The van der Waals surface area contributed by atoms with Crippen molar-refractivity contribution in [3.63, 3.8) is 0 Å². The van der Waals surface area contributed by atoms with Gasteiger partial charge in [0.25, 0.3) is 0 Å². The molecule has 2 rings (SSSR count). The molecule has 0 amide bonds. The van der Waals surface area contributed by atoms with Crippen molar-refractivity contribution in [2.75, 3.05) is 14.2 Å². The van der Waals surface area contributed by atoms with Gasteiger partial charge < -0.3 is 10.5 Å². The van der Waals surface area contributed by atoms with Gasteiger partial charge in [-0.05, 0) is 42.4 Å².